The van der Waals surface area contributed by atoms with Crippen LogP contribution in [0.3, 0.4) is 0 Å². The minimum Gasteiger partial charge on any atom is -0.466 e. The quantitative estimate of drug-likeness (QED) is 0.801. The number of halogens is 4. The van der Waals surface area contributed by atoms with Crippen LogP contribution in [0.25, 0.3) is 0 Å². The van der Waals surface area contributed by atoms with Crippen LogP contribution in [0.2, 0.25) is 5.02 Å². The molecule has 0 bridgehead atoms. The summed E-state index contributed by atoms with van der Waals surface area (Å²) < 4.78 is 44.8. The van der Waals surface area contributed by atoms with Gasteiger partial charge in [0.2, 0.25) is 0 Å². The third kappa shape index (κ3) is 4.31. The van der Waals surface area contributed by atoms with Crippen molar-refractivity contribution >= 4 is 17.6 Å². The highest BCUT2D eigenvalue weighted by Gasteiger charge is 2.32. The first-order chi connectivity index (χ1) is 9.28. The van der Waals surface area contributed by atoms with E-state index in [1.807, 2.05) is 0 Å². The van der Waals surface area contributed by atoms with Gasteiger partial charge >= 0.3 is 12.3 Å². The van der Waals surface area contributed by atoms with Crippen LogP contribution < -0.4 is 4.74 Å². The fourth-order valence-electron chi connectivity index (χ4n) is 1.44. The van der Waals surface area contributed by atoms with Crippen LogP contribution in [0, 0.1) is 11.3 Å². The van der Waals surface area contributed by atoms with Crippen LogP contribution in [0.1, 0.15) is 18.1 Å². The van der Waals surface area contributed by atoms with Crippen molar-refractivity contribution in [2.45, 2.75) is 19.7 Å². The zero-order chi connectivity index (χ0) is 15.3. The highest BCUT2D eigenvalue weighted by Crippen LogP contribution is 2.34. The summed E-state index contributed by atoms with van der Waals surface area (Å²) in [6, 6.07) is 3.77. The number of ether oxygens (including phenoxy) is 2. The summed E-state index contributed by atoms with van der Waals surface area (Å²) in [5.74, 6) is -1.30. The third-order valence-corrected chi connectivity index (χ3v) is 2.55. The van der Waals surface area contributed by atoms with Crippen LogP contribution in [0.4, 0.5) is 13.2 Å². The van der Waals surface area contributed by atoms with Crippen molar-refractivity contribution in [1.82, 2.24) is 0 Å². The summed E-state index contributed by atoms with van der Waals surface area (Å²) >= 11 is 5.68. The van der Waals surface area contributed by atoms with E-state index >= 15 is 0 Å². The van der Waals surface area contributed by atoms with Gasteiger partial charge in [-0.1, -0.05) is 17.7 Å². The van der Waals surface area contributed by atoms with Crippen molar-refractivity contribution in [2.75, 3.05) is 6.61 Å². The first kappa shape index (κ1) is 16.1. The fourth-order valence-corrected chi connectivity index (χ4v) is 1.70. The maximum Gasteiger partial charge on any atom is 0.573 e. The van der Waals surface area contributed by atoms with E-state index in [9.17, 15) is 18.0 Å². The molecule has 0 unspecified atom stereocenters. The molecule has 1 aromatic carbocycles. The lowest BCUT2D eigenvalue weighted by atomic mass is 10.0. The summed E-state index contributed by atoms with van der Waals surface area (Å²) in [6.45, 7) is 1.76. The lowest BCUT2D eigenvalue weighted by molar-refractivity contribution is -0.274. The average Bonchev–Trinajstić information content (AvgIpc) is 2.32. The molecule has 0 spiro atoms. The summed E-state index contributed by atoms with van der Waals surface area (Å²) in [6.07, 6.45) is -5.18. The average molecular weight is 308 g/mol. The minimum absolute atomic E-state index is 0.156. The summed E-state index contributed by atoms with van der Waals surface area (Å²) in [5, 5.41) is 8.45. The lowest BCUT2D eigenvalue weighted by Crippen LogP contribution is -2.18. The van der Waals surface area contributed by atoms with Crippen molar-refractivity contribution in [3.63, 3.8) is 0 Å². The van der Waals surface area contributed by atoms with Crippen molar-refractivity contribution in [1.29, 1.82) is 5.26 Å². The first-order valence-electron chi connectivity index (χ1n) is 5.41. The number of hydrogen-bond acceptors (Lipinski definition) is 4. The van der Waals surface area contributed by atoms with Gasteiger partial charge in [-0.05, 0) is 18.6 Å². The van der Waals surface area contributed by atoms with Gasteiger partial charge in [0, 0.05) is 0 Å². The second kappa shape index (κ2) is 6.48. The molecular weight excluding hydrogens is 299 g/mol. The Morgan fingerprint density at radius 2 is 2.10 bits per heavy atom. The van der Waals surface area contributed by atoms with Crippen LogP contribution in [0.5, 0.6) is 5.75 Å². The van der Waals surface area contributed by atoms with E-state index in [0.717, 1.165) is 6.07 Å². The van der Waals surface area contributed by atoms with Gasteiger partial charge in [-0.25, -0.2) is 0 Å². The van der Waals surface area contributed by atoms with Gasteiger partial charge in [-0.3, -0.25) is 4.79 Å². The van der Waals surface area contributed by atoms with Crippen LogP contribution in [0.15, 0.2) is 12.1 Å². The zero-order valence-corrected chi connectivity index (χ0v) is 11.0. The Labute approximate surface area is 117 Å². The molecule has 0 atom stereocenters. The van der Waals surface area contributed by atoms with Gasteiger partial charge in [-0.15, -0.1) is 13.2 Å². The Hall–Kier alpha value is -1.94. The highest BCUT2D eigenvalue weighted by molar-refractivity contribution is 6.33. The van der Waals surface area contributed by atoms with Crippen molar-refractivity contribution in [3.8, 4) is 11.8 Å². The lowest BCUT2D eigenvalue weighted by Gasteiger charge is -2.13. The Morgan fingerprint density at radius 3 is 2.60 bits per heavy atom. The number of rotatable bonds is 4. The molecule has 108 valence electrons. The number of esters is 1. The predicted molar refractivity (Wildman–Crippen MR) is 63.2 cm³/mol. The molecule has 0 fully saturated rings. The number of nitrogens with zero attached hydrogens (tertiary/aromatic N) is 1. The summed E-state index contributed by atoms with van der Waals surface area (Å²) in [7, 11) is 0. The Morgan fingerprint density at radius 1 is 1.45 bits per heavy atom. The second-order valence-electron chi connectivity index (χ2n) is 3.55. The predicted octanol–water partition coefficient (Wildman–Crippen LogP) is 3.22. The molecule has 0 aromatic heterocycles. The SMILES string of the molecule is CCOC(=O)Cc1ccc(OC(F)(F)F)c(Cl)c1C#N. The van der Waals surface area contributed by atoms with Gasteiger partial charge in [0.1, 0.15) is 16.8 Å². The second-order valence-corrected chi connectivity index (χ2v) is 3.93. The molecule has 0 saturated carbocycles. The number of benzene rings is 1. The number of carbonyl (C=O) groups excluding carboxylic acids is 1. The zero-order valence-electron chi connectivity index (χ0n) is 10.3. The monoisotopic (exact) mass is 307 g/mol. The van der Waals surface area contributed by atoms with E-state index in [4.69, 9.17) is 21.6 Å². The molecule has 8 heteroatoms. The minimum atomic E-state index is -4.92. The van der Waals surface area contributed by atoms with Gasteiger partial charge in [0.15, 0.2) is 0 Å². The van der Waals surface area contributed by atoms with Crippen molar-refractivity contribution in [2.24, 2.45) is 0 Å². The number of alkyl halides is 3. The van der Waals surface area contributed by atoms with Gasteiger partial charge in [0.05, 0.1) is 18.6 Å². The van der Waals surface area contributed by atoms with E-state index in [2.05, 4.69) is 4.74 Å². The highest BCUT2D eigenvalue weighted by atomic mass is 35.5. The Bertz CT molecular complexity index is 552. The molecule has 4 nitrogen and oxygen atoms in total. The van der Waals surface area contributed by atoms with Gasteiger partial charge in [0.25, 0.3) is 0 Å². The van der Waals surface area contributed by atoms with Crippen LogP contribution >= 0.6 is 11.6 Å². The van der Waals surface area contributed by atoms with Crippen molar-refractivity contribution in [3.05, 3.63) is 28.3 Å². The molecule has 0 saturated heterocycles. The molecule has 0 aliphatic heterocycles. The van der Waals surface area contributed by atoms with E-state index in [0.29, 0.717) is 0 Å². The summed E-state index contributed by atoms with van der Waals surface area (Å²) in [5.41, 5.74) is -0.0769. The maximum atomic E-state index is 12.1. The molecule has 0 heterocycles. The van der Waals surface area contributed by atoms with Crippen LogP contribution in [-0.2, 0) is 16.0 Å². The standard InChI is InChI=1S/C12H9ClF3NO3/c1-2-19-10(18)5-7-3-4-9(20-12(14,15)16)11(13)8(7)6-17/h3-4H,2,5H2,1H3. The number of carbonyl (C=O) groups is 1. The third-order valence-electron chi connectivity index (χ3n) is 2.17. The van der Waals surface area contributed by atoms with E-state index in [-0.39, 0.29) is 24.2 Å². The van der Waals surface area contributed by atoms with E-state index < -0.39 is 23.1 Å². The largest absolute Gasteiger partial charge is 0.573 e. The Balaban J connectivity index is 3.09. The molecule has 1 rings (SSSR count). The first-order valence-corrected chi connectivity index (χ1v) is 5.79. The molecule has 0 aliphatic carbocycles. The summed E-state index contributed by atoms with van der Waals surface area (Å²) in [4.78, 5) is 11.3. The maximum absolute atomic E-state index is 12.1. The molecule has 0 N–H and O–H groups in total. The van der Waals surface area contributed by atoms with Crippen molar-refractivity contribution < 1.29 is 27.4 Å². The normalized spacial score (nSPS) is 10.8. The Kier molecular flexibility index (Phi) is 5.22. The van der Waals surface area contributed by atoms with Crippen LogP contribution in [-0.4, -0.2) is 18.9 Å². The number of nitriles is 1. The van der Waals surface area contributed by atoms with E-state index in [1.54, 1.807) is 13.0 Å². The van der Waals surface area contributed by atoms with E-state index in [1.165, 1.54) is 6.07 Å². The number of hydrogen-bond donors (Lipinski definition) is 0. The molecular formula is C12H9ClF3NO3. The molecule has 0 aliphatic rings. The van der Waals surface area contributed by atoms with Gasteiger partial charge < -0.3 is 9.47 Å². The molecule has 0 radical (unpaired) electrons. The van der Waals surface area contributed by atoms with Gasteiger partial charge in [-0.2, -0.15) is 5.26 Å². The fraction of sp³-hybridized carbons (Fsp3) is 0.333. The molecule has 1 aromatic rings. The topological polar surface area (TPSA) is 59.3 Å². The molecule has 20 heavy (non-hydrogen) atoms. The molecule has 0 amide bonds. The smallest absolute Gasteiger partial charge is 0.466 e.